The maximum atomic E-state index is 13.1. The van der Waals surface area contributed by atoms with Crippen LogP contribution in [0.3, 0.4) is 0 Å². The molecule has 1 saturated carbocycles. The summed E-state index contributed by atoms with van der Waals surface area (Å²) >= 11 is 5.59. The van der Waals surface area contributed by atoms with E-state index in [1.807, 2.05) is 0 Å². The van der Waals surface area contributed by atoms with Crippen LogP contribution in [0.25, 0.3) is 0 Å². The number of sulfonamides is 1. The fourth-order valence-electron chi connectivity index (χ4n) is 3.52. The topological polar surface area (TPSA) is 78.8 Å². The van der Waals surface area contributed by atoms with E-state index in [1.54, 1.807) is 0 Å². The fourth-order valence-corrected chi connectivity index (χ4v) is 4.59. The van der Waals surface area contributed by atoms with Crippen LogP contribution in [0.15, 0.2) is 23.3 Å². The molecule has 174 valence electrons. The zero-order chi connectivity index (χ0) is 23.6. The van der Waals surface area contributed by atoms with Gasteiger partial charge in [0, 0.05) is 5.71 Å². The van der Waals surface area contributed by atoms with E-state index in [2.05, 4.69) is 31.3 Å². The Labute approximate surface area is 185 Å². The molecule has 0 atom stereocenters. The lowest BCUT2D eigenvalue weighted by molar-refractivity contribution is -0.137. The number of carbonyl (C=O) groups is 1. The molecule has 11 heteroatoms. The normalized spacial score (nSPS) is 17.9. The van der Waals surface area contributed by atoms with E-state index in [4.69, 9.17) is 11.6 Å². The first-order valence-electron chi connectivity index (χ1n) is 9.78. The first-order valence-corrected chi connectivity index (χ1v) is 12.0. The lowest BCUT2D eigenvalue weighted by Crippen LogP contribution is -2.39. The number of benzene rings is 1. The number of nitrogens with zero attached hydrogens (tertiary/aromatic N) is 2. The molecule has 0 radical (unpaired) electrons. The summed E-state index contributed by atoms with van der Waals surface area (Å²) in [7, 11) is -4.04. The average Bonchev–Trinajstić information content (AvgIpc) is 2.63. The first-order chi connectivity index (χ1) is 14.1. The summed E-state index contributed by atoms with van der Waals surface area (Å²) in [5.74, 6) is -0.199. The second kappa shape index (κ2) is 9.36. The van der Waals surface area contributed by atoms with Crippen LogP contribution in [0.4, 0.5) is 18.9 Å². The van der Waals surface area contributed by atoms with Crippen molar-refractivity contribution in [2.75, 3.05) is 17.1 Å². The van der Waals surface area contributed by atoms with Crippen molar-refractivity contribution in [2.45, 2.75) is 52.6 Å². The Morgan fingerprint density at radius 2 is 1.81 bits per heavy atom. The van der Waals surface area contributed by atoms with E-state index < -0.39 is 39.2 Å². The van der Waals surface area contributed by atoms with E-state index in [1.165, 1.54) is 0 Å². The Kier molecular flexibility index (Phi) is 7.68. The molecule has 6 nitrogen and oxygen atoms in total. The molecule has 0 aromatic heterocycles. The van der Waals surface area contributed by atoms with Gasteiger partial charge in [-0.05, 0) is 55.2 Å². The fraction of sp³-hybridized carbons (Fsp3) is 0.600. The number of carbonyl (C=O) groups excluding carboxylic acids is 1. The van der Waals surface area contributed by atoms with Crippen LogP contribution in [-0.2, 0) is 21.0 Å². The molecule has 0 aliphatic heterocycles. The molecule has 1 aliphatic rings. The number of nitrogens with one attached hydrogen (secondary N) is 1. The first kappa shape index (κ1) is 25.5. The summed E-state index contributed by atoms with van der Waals surface area (Å²) < 4.78 is 64.3. The van der Waals surface area contributed by atoms with Gasteiger partial charge in [0.1, 0.15) is 6.54 Å². The molecule has 31 heavy (non-hydrogen) atoms. The van der Waals surface area contributed by atoms with Crippen molar-refractivity contribution < 1.29 is 26.4 Å². The van der Waals surface area contributed by atoms with Gasteiger partial charge in [-0.15, -0.1) is 0 Å². The standard InChI is InChI=1S/C20H27ClF3N3O3S/c1-19(2,3)13-5-7-14(8-6-13)25-26-18(28)12-27(31(4,29)30)15-9-10-17(21)16(11-15)20(22,23)24/h9-11,13H,5-8,12H2,1-4H3,(H,26,28). The van der Waals surface area contributed by atoms with Gasteiger partial charge in [0.15, 0.2) is 0 Å². The average molecular weight is 482 g/mol. The molecule has 0 spiro atoms. The van der Waals surface area contributed by atoms with E-state index in [9.17, 15) is 26.4 Å². The lowest BCUT2D eigenvalue weighted by atomic mass is 9.72. The van der Waals surface area contributed by atoms with Crippen LogP contribution in [0.2, 0.25) is 5.02 Å². The highest BCUT2D eigenvalue weighted by molar-refractivity contribution is 7.92. The van der Waals surface area contributed by atoms with Crippen molar-refractivity contribution in [3.63, 3.8) is 0 Å². The zero-order valence-electron chi connectivity index (χ0n) is 17.9. The maximum absolute atomic E-state index is 13.1. The summed E-state index contributed by atoms with van der Waals surface area (Å²) in [5, 5.41) is 3.53. The number of hydrogen-bond donors (Lipinski definition) is 1. The van der Waals surface area contributed by atoms with Gasteiger partial charge in [-0.1, -0.05) is 32.4 Å². The third kappa shape index (κ3) is 7.10. The molecule has 1 fully saturated rings. The van der Waals surface area contributed by atoms with Crippen molar-refractivity contribution in [2.24, 2.45) is 16.4 Å². The molecule has 1 aliphatic carbocycles. The van der Waals surface area contributed by atoms with Crippen molar-refractivity contribution in [1.29, 1.82) is 0 Å². The number of halogens is 4. The molecule has 1 aromatic carbocycles. The second-order valence-electron chi connectivity index (χ2n) is 8.78. The Hall–Kier alpha value is -1.81. The van der Waals surface area contributed by atoms with Gasteiger partial charge in [-0.3, -0.25) is 9.10 Å². The number of rotatable bonds is 5. The molecule has 2 rings (SSSR count). The predicted octanol–water partition coefficient (Wildman–Crippen LogP) is 4.83. The van der Waals surface area contributed by atoms with Crippen LogP contribution >= 0.6 is 11.6 Å². The van der Waals surface area contributed by atoms with E-state index in [0.29, 0.717) is 16.3 Å². The second-order valence-corrected chi connectivity index (χ2v) is 11.1. The van der Waals surface area contributed by atoms with E-state index in [-0.39, 0.29) is 11.1 Å². The molecule has 0 saturated heterocycles. The van der Waals surface area contributed by atoms with E-state index >= 15 is 0 Å². The van der Waals surface area contributed by atoms with Gasteiger partial charge in [0.2, 0.25) is 10.0 Å². The minimum atomic E-state index is -4.77. The van der Waals surface area contributed by atoms with Gasteiger partial charge < -0.3 is 0 Å². The smallest absolute Gasteiger partial charge is 0.271 e. The summed E-state index contributed by atoms with van der Waals surface area (Å²) in [4.78, 5) is 12.3. The minimum Gasteiger partial charge on any atom is -0.271 e. The summed E-state index contributed by atoms with van der Waals surface area (Å²) in [5.41, 5.74) is 1.84. The number of hydrazone groups is 1. The monoisotopic (exact) mass is 481 g/mol. The van der Waals surface area contributed by atoms with Gasteiger partial charge in [0.25, 0.3) is 5.91 Å². The SMILES string of the molecule is CC(C)(C)C1CCC(=NNC(=O)CN(c2ccc(Cl)c(C(F)(F)F)c2)S(C)(=O)=O)CC1. The molecule has 1 amide bonds. The van der Waals surface area contributed by atoms with Gasteiger partial charge >= 0.3 is 6.18 Å². The zero-order valence-corrected chi connectivity index (χ0v) is 19.5. The third-order valence-electron chi connectivity index (χ3n) is 5.36. The number of anilines is 1. The van der Waals surface area contributed by atoms with Crippen molar-refractivity contribution in [3.8, 4) is 0 Å². The number of amides is 1. The molecular weight excluding hydrogens is 455 g/mol. The summed E-state index contributed by atoms with van der Waals surface area (Å²) in [6.07, 6.45) is -0.621. The van der Waals surface area contributed by atoms with Crippen molar-refractivity contribution >= 4 is 38.9 Å². The molecule has 1 aromatic rings. The number of alkyl halides is 3. The highest BCUT2D eigenvalue weighted by Gasteiger charge is 2.34. The van der Waals surface area contributed by atoms with Crippen LogP contribution in [0.5, 0.6) is 0 Å². The number of hydrogen-bond acceptors (Lipinski definition) is 4. The van der Waals surface area contributed by atoms with Crippen LogP contribution < -0.4 is 9.73 Å². The van der Waals surface area contributed by atoms with Crippen molar-refractivity contribution in [3.05, 3.63) is 28.8 Å². The summed E-state index contributed by atoms with van der Waals surface area (Å²) in [6, 6.07) is 2.67. The molecule has 0 heterocycles. The molecule has 0 unspecified atom stereocenters. The molecule has 1 N–H and O–H groups in total. The van der Waals surface area contributed by atoms with Crippen molar-refractivity contribution in [1.82, 2.24) is 5.43 Å². The highest BCUT2D eigenvalue weighted by atomic mass is 35.5. The minimum absolute atomic E-state index is 0.193. The lowest BCUT2D eigenvalue weighted by Gasteiger charge is -2.34. The Bertz CT molecular complexity index is 947. The Morgan fingerprint density at radius 1 is 1.23 bits per heavy atom. The molecule has 0 bridgehead atoms. The predicted molar refractivity (Wildman–Crippen MR) is 116 cm³/mol. The maximum Gasteiger partial charge on any atom is 0.417 e. The summed E-state index contributed by atoms with van der Waals surface area (Å²) in [6.45, 7) is 5.84. The molecular formula is C20H27ClF3N3O3S. The van der Waals surface area contributed by atoms with Crippen LogP contribution in [0, 0.1) is 11.3 Å². The largest absolute Gasteiger partial charge is 0.417 e. The van der Waals surface area contributed by atoms with Crippen LogP contribution in [-0.4, -0.2) is 32.8 Å². The van der Waals surface area contributed by atoms with Gasteiger partial charge in [0.05, 0.1) is 22.5 Å². The van der Waals surface area contributed by atoms with E-state index in [0.717, 1.165) is 49.8 Å². The Morgan fingerprint density at radius 3 is 2.29 bits per heavy atom. The van der Waals surface area contributed by atoms with Gasteiger partial charge in [-0.25, -0.2) is 13.8 Å². The van der Waals surface area contributed by atoms with Gasteiger partial charge in [-0.2, -0.15) is 18.3 Å². The third-order valence-corrected chi connectivity index (χ3v) is 6.83. The highest BCUT2D eigenvalue weighted by Crippen LogP contribution is 2.38. The quantitative estimate of drug-likeness (QED) is 0.611. The Balaban J connectivity index is 2.12. The van der Waals surface area contributed by atoms with Crippen LogP contribution in [0.1, 0.15) is 52.0 Å².